The number of alkyl halides is 1. The van der Waals surface area contributed by atoms with Gasteiger partial charge in [-0.05, 0) is 0 Å². The third-order valence-corrected chi connectivity index (χ3v) is 1.42. The van der Waals surface area contributed by atoms with Gasteiger partial charge in [0.1, 0.15) is 0 Å². The third-order valence-electron chi connectivity index (χ3n) is 0.735. The van der Waals surface area contributed by atoms with Crippen LogP contribution in [0.1, 0.15) is 13.8 Å². The molecule has 0 unspecified atom stereocenters. The van der Waals surface area contributed by atoms with Crippen molar-refractivity contribution in [3.8, 4) is 0 Å². The third kappa shape index (κ3) is 2.63. The first-order chi connectivity index (χ1) is 3.12. The van der Waals surface area contributed by atoms with Crippen molar-refractivity contribution in [1.82, 2.24) is 0 Å². The molecule has 0 rings (SSSR count). The summed E-state index contributed by atoms with van der Waals surface area (Å²) in [6.45, 7) is 3.85. The first-order valence-electron chi connectivity index (χ1n) is 2.20. The lowest BCUT2D eigenvalue weighted by Gasteiger charge is -2.11. The molecule has 0 heterocycles. The number of hydrogen-bond acceptors (Lipinski definition) is 1. The number of hydrogen-bond donors (Lipinski definition) is 1. The highest BCUT2D eigenvalue weighted by atomic mass is 35.5. The van der Waals surface area contributed by atoms with Crippen molar-refractivity contribution in [3.63, 3.8) is 0 Å². The zero-order valence-corrected chi connectivity index (χ0v) is 5.42. The maximum absolute atomic E-state index is 6.80. The van der Waals surface area contributed by atoms with Gasteiger partial charge < -0.3 is 5.41 Å². The molecule has 0 aliphatic heterocycles. The Morgan fingerprint density at radius 2 is 2.14 bits per heavy atom. The Morgan fingerprint density at radius 3 is 2.14 bits per heavy atom. The van der Waals surface area contributed by atoms with E-state index in [0.717, 1.165) is 0 Å². The van der Waals surface area contributed by atoms with Crippen LogP contribution < -0.4 is 0 Å². The van der Waals surface area contributed by atoms with E-state index in [-0.39, 0.29) is 5.41 Å². The summed E-state index contributed by atoms with van der Waals surface area (Å²) in [4.78, 5) is 0. The average Bonchev–Trinajstić information content (AvgIpc) is 1.68. The largest absolute Gasteiger partial charge is 0.313 e. The van der Waals surface area contributed by atoms with Gasteiger partial charge in [0.05, 0.1) is 0 Å². The van der Waals surface area contributed by atoms with Gasteiger partial charge in [-0.2, -0.15) is 0 Å². The van der Waals surface area contributed by atoms with Crippen LogP contribution in [0.25, 0.3) is 0 Å². The Balaban J connectivity index is 3.58. The molecule has 0 spiro atoms. The van der Waals surface area contributed by atoms with Gasteiger partial charge in [0, 0.05) is 17.5 Å². The number of nitrogens with one attached hydrogen (secondary N) is 1. The molecule has 2 heteroatoms. The average molecular weight is 120 g/mol. The summed E-state index contributed by atoms with van der Waals surface area (Å²) in [5.41, 5.74) is -0.110. The highest BCUT2D eigenvalue weighted by Gasteiger charge is 2.10. The van der Waals surface area contributed by atoms with Crippen molar-refractivity contribution in [1.29, 1.82) is 5.41 Å². The van der Waals surface area contributed by atoms with Gasteiger partial charge in [-0.1, -0.05) is 13.8 Å². The quantitative estimate of drug-likeness (QED) is 0.424. The maximum atomic E-state index is 6.80. The molecule has 0 fully saturated rings. The van der Waals surface area contributed by atoms with Crippen LogP contribution in [0.15, 0.2) is 0 Å². The van der Waals surface area contributed by atoms with Crippen LogP contribution in [0.2, 0.25) is 0 Å². The van der Waals surface area contributed by atoms with Gasteiger partial charge in [-0.25, -0.2) is 0 Å². The maximum Gasteiger partial charge on any atom is 0.0324 e. The molecule has 0 aromatic rings. The van der Waals surface area contributed by atoms with E-state index < -0.39 is 0 Å². The molecular formula is C5H10ClN. The minimum absolute atomic E-state index is 0.110. The van der Waals surface area contributed by atoms with E-state index in [0.29, 0.717) is 5.88 Å². The standard InChI is InChI=1S/C5H10ClN/c1-5(2,3-6)4-7/h4,7H,3H2,1-2H3. The molecule has 42 valence electrons. The van der Waals surface area contributed by atoms with Crippen molar-refractivity contribution in [2.45, 2.75) is 13.8 Å². The van der Waals surface area contributed by atoms with Crippen LogP contribution >= 0.6 is 11.6 Å². The molecular weight excluding hydrogens is 110 g/mol. The van der Waals surface area contributed by atoms with Gasteiger partial charge >= 0.3 is 0 Å². The van der Waals surface area contributed by atoms with E-state index in [1.807, 2.05) is 13.8 Å². The van der Waals surface area contributed by atoms with Gasteiger partial charge in [0.2, 0.25) is 0 Å². The van der Waals surface area contributed by atoms with Crippen molar-refractivity contribution < 1.29 is 0 Å². The molecule has 0 atom stereocenters. The molecule has 0 saturated heterocycles. The molecule has 0 bridgehead atoms. The topological polar surface area (TPSA) is 23.9 Å². The molecule has 1 nitrogen and oxygen atoms in total. The van der Waals surface area contributed by atoms with Crippen molar-refractivity contribution in [2.24, 2.45) is 5.41 Å². The number of halogens is 1. The fourth-order valence-corrected chi connectivity index (χ4v) is 0.116. The highest BCUT2D eigenvalue weighted by molar-refractivity contribution is 6.19. The van der Waals surface area contributed by atoms with Crippen LogP contribution in [0.5, 0.6) is 0 Å². The van der Waals surface area contributed by atoms with Gasteiger partial charge in [-0.15, -0.1) is 11.6 Å². The van der Waals surface area contributed by atoms with E-state index in [1.165, 1.54) is 6.21 Å². The first kappa shape index (κ1) is 6.96. The van der Waals surface area contributed by atoms with E-state index in [9.17, 15) is 0 Å². The summed E-state index contributed by atoms with van der Waals surface area (Å²) in [6, 6.07) is 0. The van der Waals surface area contributed by atoms with Crippen LogP contribution in [0.4, 0.5) is 0 Å². The fourth-order valence-electron chi connectivity index (χ4n) is 0.0386. The van der Waals surface area contributed by atoms with Crippen LogP contribution in [0.3, 0.4) is 0 Å². The minimum Gasteiger partial charge on any atom is -0.313 e. The molecule has 0 aromatic carbocycles. The van der Waals surface area contributed by atoms with E-state index in [2.05, 4.69) is 0 Å². The molecule has 0 saturated carbocycles. The molecule has 0 aliphatic rings. The molecule has 1 N–H and O–H groups in total. The van der Waals surface area contributed by atoms with Crippen LogP contribution in [0, 0.1) is 10.8 Å². The monoisotopic (exact) mass is 119 g/mol. The zero-order valence-electron chi connectivity index (χ0n) is 4.66. The Hall–Kier alpha value is -0.0400. The SMILES string of the molecule is CC(C)(C=N)CCl. The van der Waals surface area contributed by atoms with Gasteiger partial charge in [0.15, 0.2) is 0 Å². The summed E-state index contributed by atoms with van der Waals surface area (Å²) in [6.07, 6.45) is 1.36. The lowest BCUT2D eigenvalue weighted by molar-refractivity contribution is 0.612. The zero-order chi connectivity index (χ0) is 5.91. The number of rotatable bonds is 2. The van der Waals surface area contributed by atoms with Crippen molar-refractivity contribution in [2.75, 3.05) is 5.88 Å². The molecule has 0 aliphatic carbocycles. The summed E-state index contributed by atoms with van der Waals surface area (Å²) in [5.74, 6) is 0.524. The Bertz CT molecular complexity index is 68.5. The second-order valence-electron chi connectivity index (χ2n) is 2.27. The minimum atomic E-state index is -0.110. The Labute approximate surface area is 49.2 Å². The summed E-state index contributed by atoms with van der Waals surface area (Å²) < 4.78 is 0. The lowest BCUT2D eigenvalue weighted by atomic mass is 9.99. The lowest BCUT2D eigenvalue weighted by Crippen LogP contribution is -2.13. The Kier molecular flexibility index (Phi) is 2.30. The fraction of sp³-hybridized carbons (Fsp3) is 0.800. The van der Waals surface area contributed by atoms with E-state index in [4.69, 9.17) is 17.0 Å². The highest BCUT2D eigenvalue weighted by Crippen LogP contribution is 2.11. The second-order valence-corrected chi connectivity index (χ2v) is 2.53. The summed E-state index contributed by atoms with van der Waals surface area (Å²) >= 11 is 5.44. The Morgan fingerprint density at radius 1 is 1.71 bits per heavy atom. The smallest absolute Gasteiger partial charge is 0.0324 e. The second kappa shape index (κ2) is 2.31. The normalized spacial score (nSPS) is 11.3. The van der Waals surface area contributed by atoms with Crippen molar-refractivity contribution in [3.05, 3.63) is 0 Å². The summed E-state index contributed by atoms with van der Waals surface area (Å²) in [7, 11) is 0. The summed E-state index contributed by atoms with van der Waals surface area (Å²) in [5, 5.41) is 6.80. The molecule has 0 amide bonds. The molecule has 0 radical (unpaired) electrons. The van der Waals surface area contributed by atoms with Gasteiger partial charge in [0.25, 0.3) is 0 Å². The molecule has 7 heavy (non-hydrogen) atoms. The predicted molar refractivity (Wildman–Crippen MR) is 33.3 cm³/mol. The predicted octanol–water partition coefficient (Wildman–Crippen LogP) is 1.90. The first-order valence-corrected chi connectivity index (χ1v) is 2.73. The molecule has 0 aromatic heterocycles. The van der Waals surface area contributed by atoms with Crippen molar-refractivity contribution >= 4 is 17.8 Å². The van der Waals surface area contributed by atoms with Crippen LogP contribution in [-0.2, 0) is 0 Å². The van der Waals surface area contributed by atoms with Gasteiger partial charge in [-0.3, -0.25) is 0 Å². The van der Waals surface area contributed by atoms with Crippen LogP contribution in [-0.4, -0.2) is 12.1 Å². The van der Waals surface area contributed by atoms with E-state index in [1.54, 1.807) is 0 Å². The van der Waals surface area contributed by atoms with E-state index >= 15 is 0 Å².